The van der Waals surface area contributed by atoms with Crippen LogP contribution in [0, 0.1) is 0 Å². The van der Waals surface area contributed by atoms with Gasteiger partial charge in [-0.1, -0.05) is 39.8 Å². The second-order valence-electron chi connectivity index (χ2n) is 7.14. The van der Waals surface area contributed by atoms with Crippen molar-refractivity contribution in [3.63, 3.8) is 0 Å². The van der Waals surface area contributed by atoms with Crippen LogP contribution < -0.4 is 4.72 Å². The molecule has 2 aromatic heterocycles. The quantitative estimate of drug-likeness (QED) is 0.768. The van der Waals surface area contributed by atoms with E-state index in [4.69, 9.17) is 0 Å². The minimum atomic E-state index is -3.66. The van der Waals surface area contributed by atoms with E-state index >= 15 is 0 Å². The maximum atomic E-state index is 12.7. The van der Waals surface area contributed by atoms with Crippen molar-refractivity contribution in [1.29, 1.82) is 0 Å². The summed E-state index contributed by atoms with van der Waals surface area (Å²) in [5.41, 5.74) is 2.90. The Bertz CT molecular complexity index is 997. The standard InChI is InChI=1S/C19H23N3O2S/c1-5-14-12-18-20-11-10-17(22(18)13-14)21-25(23,24)16-8-6-15(7-9-16)19(2,3)4/h6-13,21H,5H2,1-4H3. The summed E-state index contributed by atoms with van der Waals surface area (Å²) in [7, 11) is -3.66. The Morgan fingerprint density at radius 2 is 1.80 bits per heavy atom. The fraction of sp³-hybridized carbons (Fsp3) is 0.316. The zero-order chi connectivity index (χ0) is 18.2. The van der Waals surface area contributed by atoms with Gasteiger partial charge in [0.15, 0.2) is 0 Å². The highest BCUT2D eigenvalue weighted by Crippen LogP contribution is 2.24. The monoisotopic (exact) mass is 357 g/mol. The van der Waals surface area contributed by atoms with E-state index in [1.165, 1.54) is 0 Å². The number of nitrogens with zero attached hydrogens (tertiary/aromatic N) is 2. The van der Waals surface area contributed by atoms with E-state index in [9.17, 15) is 8.42 Å². The van der Waals surface area contributed by atoms with Crippen molar-refractivity contribution in [2.45, 2.75) is 44.4 Å². The van der Waals surface area contributed by atoms with E-state index < -0.39 is 10.0 Å². The maximum Gasteiger partial charge on any atom is 0.263 e. The summed E-state index contributed by atoms with van der Waals surface area (Å²) < 4.78 is 29.9. The molecule has 0 saturated heterocycles. The number of fused-ring (bicyclic) bond motifs is 1. The number of hydrogen-bond acceptors (Lipinski definition) is 3. The second-order valence-corrected chi connectivity index (χ2v) is 8.82. The van der Waals surface area contributed by atoms with E-state index in [1.807, 2.05) is 24.4 Å². The van der Waals surface area contributed by atoms with Gasteiger partial charge in [0.2, 0.25) is 0 Å². The third-order valence-electron chi connectivity index (χ3n) is 4.23. The van der Waals surface area contributed by atoms with Gasteiger partial charge in [-0.25, -0.2) is 13.4 Å². The van der Waals surface area contributed by atoms with Gasteiger partial charge in [-0.15, -0.1) is 0 Å². The number of aromatic nitrogens is 2. The highest BCUT2D eigenvalue weighted by Gasteiger charge is 2.18. The first-order chi connectivity index (χ1) is 11.7. The average molecular weight is 357 g/mol. The van der Waals surface area contributed by atoms with Crippen molar-refractivity contribution in [1.82, 2.24) is 9.38 Å². The number of nitrogens with one attached hydrogen (secondary N) is 1. The summed E-state index contributed by atoms with van der Waals surface area (Å²) >= 11 is 0. The van der Waals surface area contributed by atoms with Gasteiger partial charge in [-0.05, 0) is 47.2 Å². The highest BCUT2D eigenvalue weighted by atomic mass is 32.2. The van der Waals surface area contributed by atoms with Crippen LogP contribution in [0.2, 0.25) is 0 Å². The molecule has 132 valence electrons. The summed E-state index contributed by atoms with van der Waals surface area (Å²) in [6.45, 7) is 8.34. The van der Waals surface area contributed by atoms with Crippen LogP contribution in [0.4, 0.5) is 5.82 Å². The van der Waals surface area contributed by atoms with Crippen LogP contribution in [0.5, 0.6) is 0 Å². The molecule has 0 aliphatic carbocycles. The largest absolute Gasteiger partial charge is 0.287 e. The number of aryl methyl sites for hydroxylation is 1. The first kappa shape index (κ1) is 17.5. The molecule has 0 amide bonds. The molecular formula is C19H23N3O2S. The van der Waals surface area contributed by atoms with Crippen molar-refractivity contribution >= 4 is 21.5 Å². The van der Waals surface area contributed by atoms with Crippen LogP contribution in [0.25, 0.3) is 5.65 Å². The van der Waals surface area contributed by atoms with Crippen molar-refractivity contribution in [3.8, 4) is 0 Å². The number of sulfonamides is 1. The van der Waals surface area contributed by atoms with Gasteiger partial charge in [0, 0.05) is 12.4 Å². The van der Waals surface area contributed by atoms with E-state index in [0.717, 1.165) is 23.2 Å². The minimum absolute atomic E-state index is 0.0192. The molecule has 0 spiro atoms. The summed E-state index contributed by atoms with van der Waals surface area (Å²) in [6, 6.07) is 10.6. The van der Waals surface area contributed by atoms with Gasteiger partial charge >= 0.3 is 0 Å². The normalized spacial score (nSPS) is 12.5. The van der Waals surface area contributed by atoms with Crippen LogP contribution in [-0.2, 0) is 21.9 Å². The van der Waals surface area contributed by atoms with Gasteiger partial charge in [0.25, 0.3) is 10.0 Å². The van der Waals surface area contributed by atoms with Crippen molar-refractivity contribution in [3.05, 3.63) is 59.9 Å². The molecule has 0 fully saturated rings. The van der Waals surface area contributed by atoms with E-state index in [2.05, 4.69) is 37.4 Å². The lowest BCUT2D eigenvalue weighted by atomic mass is 9.87. The Morgan fingerprint density at radius 1 is 1.12 bits per heavy atom. The van der Waals surface area contributed by atoms with Crippen molar-refractivity contribution in [2.24, 2.45) is 0 Å². The van der Waals surface area contributed by atoms with Gasteiger partial charge in [-0.3, -0.25) is 9.12 Å². The molecule has 0 unspecified atom stereocenters. The SMILES string of the molecule is CCc1cc2nccc(NS(=O)(=O)c3ccc(C(C)(C)C)cc3)n2c1. The van der Waals surface area contributed by atoms with Gasteiger partial charge < -0.3 is 0 Å². The predicted octanol–water partition coefficient (Wildman–Crippen LogP) is 4.00. The average Bonchev–Trinajstić information content (AvgIpc) is 2.98. The smallest absolute Gasteiger partial charge is 0.263 e. The van der Waals surface area contributed by atoms with Gasteiger partial charge in [-0.2, -0.15) is 0 Å². The Hall–Kier alpha value is -2.34. The topological polar surface area (TPSA) is 63.5 Å². The molecule has 1 N–H and O–H groups in total. The predicted molar refractivity (Wildman–Crippen MR) is 101 cm³/mol. The van der Waals surface area contributed by atoms with Crippen molar-refractivity contribution < 1.29 is 8.42 Å². The number of hydrogen-bond donors (Lipinski definition) is 1. The number of anilines is 1. The zero-order valence-corrected chi connectivity index (χ0v) is 15.8. The Morgan fingerprint density at radius 3 is 2.40 bits per heavy atom. The van der Waals surface area contributed by atoms with Gasteiger partial charge in [0.05, 0.1) is 4.90 Å². The summed E-state index contributed by atoms with van der Waals surface area (Å²) in [5, 5.41) is 0. The fourth-order valence-corrected chi connectivity index (χ4v) is 3.72. The molecular weight excluding hydrogens is 334 g/mol. The van der Waals surface area contributed by atoms with Crippen molar-refractivity contribution in [2.75, 3.05) is 4.72 Å². The lowest BCUT2D eigenvalue weighted by Crippen LogP contribution is -2.16. The molecule has 5 nitrogen and oxygen atoms in total. The number of benzene rings is 1. The van der Waals surface area contributed by atoms with Crippen LogP contribution in [0.3, 0.4) is 0 Å². The molecule has 1 aromatic carbocycles. The molecule has 3 rings (SSSR count). The highest BCUT2D eigenvalue weighted by molar-refractivity contribution is 7.92. The fourth-order valence-electron chi connectivity index (χ4n) is 2.67. The first-order valence-electron chi connectivity index (χ1n) is 8.30. The molecule has 0 aliphatic heterocycles. The lowest BCUT2D eigenvalue weighted by Gasteiger charge is -2.19. The molecule has 25 heavy (non-hydrogen) atoms. The van der Waals surface area contributed by atoms with Crippen LogP contribution in [0.15, 0.2) is 53.7 Å². The summed E-state index contributed by atoms with van der Waals surface area (Å²) in [5.74, 6) is 0.476. The molecule has 0 saturated carbocycles. The first-order valence-corrected chi connectivity index (χ1v) is 9.78. The second kappa shape index (κ2) is 6.19. The molecule has 0 radical (unpaired) electrons. The zero-order valence-electron chi connectivity index (χ0n) is 14.9. The molecule has 0 aliphatic rings. The third kappa shape index (κ3) is 3.54. The molecule has 6 heteroatoms. The molecule has 0 atom stereocenters. The van der Waals surface area contributed by atoms with E-state index in [-0.39, 0.29) is 10.3 Å². The molecule has 2 heterocycles. The van der Waals surface area contributed by atoms with E-state index in [0.29, 0.717) is 5.82 Å². The molecule has 3 aromatic rings. The van der Waals surface area contributed by atoms with Crippen LogP contribution in [0.1, 0.15) is 38.8 Å². The summed E-state index contributed by atoms with van der Waals surface area (Å²) in [4.78, 5) is 4.52. The summed E-state index contributed by atoms with van der Waals surface area (Å²) in [6.07, 6.45) is 4.38. The third-order valence-corrected chi connectivity index (χ3v) is 5.60. The lowest BCUT2D eigenvalue weighted by molar-refractivity contribution is 0.587. The van der Waals surface area contributed by atoms with E-state index in [1.54, 1.807) is 28.8 Å². The van der Waals surface area contributed by atoms with Gasteiger partial charge in [0.1, 0.15) is 11.5 Å². The Balaban J connectivity index is 1.95. The maximum absolute atomic E-state index is 12.7. The Labute approximate surface area is 148 Å². The van der Waals surface area contributed by atoms with Crippen LogP contribution >= 0.6 is 0 Å². The molecule has 0 bridgehead atoms. The number of rotatable bonds is 4. The minimum Gasteiger partial charge on any atom is -0.287 e. The Kier molecular flexibility index (Phi) is 4.33. The van der Waals surface area contributed by atoms with Crippen LogP contribution in [-0.4, -0.2) is 17.8 Å².